The molecule has 0 bridgehead atoms. The summed E-state index contributed by atoms with van der Waals surface area (Å²) in [7, 11) is 0. The molecule has 0 radical (unpaired) electrons. The highest BCUT2D eigenvalue weighted by Gasteiger charge is 2.28. The van der Waals surface area contributed by atoms with Gasteiger partial charge in [-0.15, -0.1) is 5.10 Å². The van der Waals surface area contributed by atoms with Gasteiger partial charge in [-0.25, -0.2) is 9.50 Å². The molecule has 1 fully saturated rings. The molecule has 0 spiro atoms. The monoisotopic (exact) mass is 351 g/mol. The van der Waals surface area contributed by atoms with Gasteiger partial charge in [0, 0.05) is 24.4 Å². The average molecular weight is 351 g/mol. The van der Waals surface area contributed by atoms with Crippen LogP contribution in [-0.4, -0.2) is 49.6 Å². The lowest BCUT2D eigenvalue weighted by Crippen LogP contribution is -2.32. The lowest BCUT2D eigenvalue weighted by molar-refractivity contribution is -0.129. The van der Waals surface area contributed by atoms with Crippen molar-refractivity contribution < 1.29 is 9.53 Å². The van der Waals surface area contributed by atoms with Crippen molar-refractivity contribution in [3.63, 3.8) is 0 Å². The second-order valence-electron chi connectivity index (χ2n) is 6.64. The summed E-state index contributed by atoms with van der Waals surface area (Å²) in [5, 5.41) is 4.42. The number of hydrogen-bond acceptors (Lipinski definition) is 5. The number of hydrogen-bond donors (Lipinski definition) is 0. The first-order chi connectivity index (χ1) is 12.6. The zero-order chi connectivity index (χ0) is 18.1. The summed E-state index contributed by atoms with van der Waals surface area (Å²) in [5.41, 5.74) is 1.84. The van der Waals surface area contributed by atoms with E-state index in [4.69, 9.17) is 4.74 Å². The fourth-order valence-corrected chi connectivity index (χ4v) is 3.27. The number of fused-ring (bicyclic) bond motifs is 1. The highest BCUT2D eigenvalue weighted by molar-refractivity contribution is 5.78. The van der Waals surface area contributed by atoms with Crippen molar-refractivity contribution >= 4 is 11.7 Å². The summed E-state index contributed by atoms with van der Waals surface area (Å²) >= 11 is 0. The summed E-state index contributed by atoms with van der Waals surface area (Å²) in [6, 6.07) is 11.7. The van der Waals surface area contributed by atoms with E-state index in [1.54, 1.807) is 4.52 Å². The molecule has 1 saturated heterocycles. The van der Waals surface area contributed by atoms with Crippen LogP contribution in [0.15, 0.2) is 36.4 Å². The number of carbonyl (C=O) groups excluding carboxylic acids is 1. The second kappa shape index (κ2) is 6.74. The Hall–Kier alpha value is -2.96. The lowest BCUT2D eigenvalue weighted by atomic mass is 10.3. The zero-order valence-electron chi connectivity index (χ0n) is 14.9. The molecule has 7 nitrogen and oxygen atoms in total. The predicted octanol–water partition coefficient (Wildman–Crippen LogP) is 1.96. The van der Waals surface area contributed by atoms with Gasteiger partial charge in [0.25, 0.3) is 5.78 Å². The van der Waals surface area contributed by atoms with Crippen molar-refractivity contribution in [2.75, 3.05) is 13.1 Å². The molecule has 0 unspecified atom stereocenters. The Labute approximate surface area is 151 Å². The Kier molecular flexibility index (Phi) is 4.28. The third-order valence-corrected chi connectivity index (χ3v) is 4.52. The Balaban J connectivity index is 1.40. The van der Waals surface area contributed by atoms with E-state index in [0.29, 0.717) is 24.7 Å². The Bertz CT molecular complexity index is 938. The van der Waals surface area contributed by atoms with E-state index in [0.717, 1.165) is 23.6 Å². The van der Waals surface area contributed by atoms with E-state index < -0.39 is 0 Å². The van der Waals surface area contributed by atoms with Crippen LogP contribution in [0.5, 0.6) is 5.75 Å². The average Bonchev–Trinajstić information content (AvgIpc) is 3.22. The molecule has 0 aliphatic carbocycles. The maximum Gasteiger partial charge on any atom is 0.252 e. The summed E-state index contributed by atoms with van der Waals surface area (Å²) in [4.78, 5) is 23.2. The molecule has 2 aromatic heterocycles. The van der Waals surface area contributed by atoms with Gasteiger partial charge in [0.1, 0.15) is 11.9 Å². The van der Waals surface area contributed by atoms with Crippen molar-refractivity contribution in [3.05, 3.63) is 53.6 Å². The molecular formula is C19H21N5O2. The highest BCUT2D eigenvalue weighted by Crippen LogP contribution is 2.18. The van der Waals surface area contributed by atoms with E-state index >= 15 is 0 Å². The van der Waals surface area contributed by atoms with Gasteiger partial charge in [-0.05, 0) is 32.0 Å². The van der Waals surface area contributed by atoms with E-state index in [1.807, 2.05) is 55.1 Å². The van der Waals surface area contributed by atoms with Crippen LogP contribution >= 0.6 is 0 Å². The fraction of sp³-hybridized carbons (Fsp3) is 0.368. The number of nitrogens with zero attached hydrogens (tertiary/aromatic N) is 5. The molecule has 1 atom stereocenters. The van der Waals surface area contributed by atoms with Crippen LogP contribution < -0.4 is 4.74 Å². The normalized spacial score (nSPS) is 17.0. The quantitative estimate of drug-likeness (QED) is 0.718. The Morgan fingerprint density at radius 2 is 2.04 bits per heavy atom. The van der Waals surface area contributed by atoms with Gasteiger partial charge >= 0.3 is 0 Å². The van der Waals surface area contributed by atoms with E-state index in [1.165, 1.54) is 0 Å². The zero-order valence-corrected chi connectivity index (χ0v) is 14.9. The predicted molar refractivity (Wildman–Crippen MR) is 96.0 cm³/mol. The molecule has 1 aliphatic heterocycles. The van der Waals surface area contributed by atoms with Crippen molar-refractivity contribution in [2.24, 2.45) is 0 Å². The molecule has 3 aromatic rings. The number of benzene rings is 1. The number of amides is 1. The molecule has 3 heterocycles. The molecule has 1 amide bonds. The van der Waals surface area contributed by atoms with Crippen molar-refractivity contribution in [3.8, 4) is 5.75 Å². The summed E-state index contributed by atoms with van der Waals surface area (Å²) in [6.07, 6.45) is 1.04. The second-order valence-corrected chi connectivity index (χ2v) is 6.64. The van der Waals surface area contributed by atoms with Gasteiger partial charge in [-0.3, -0.25) is 4.79 Å². The number of likely N-dealkylation sites (tertiary alicyclic amines) is 1. The summed E-state index contributed by atoms with van der Waals surface area (Å²) in [5.74, 6) is 1.90. The first-order valence-corrected chi connectivity index (χ1v) is 8.78. The SMILES string of the molecule is Cc1cc(C)n2nc(CC(=O)N3CC[C@@H](Oc4ccccc4)C3)nc2n1. The molecule has 134 valence electrons. The van der Waals surface area contributed by atoms with Crippen LogP contribution in [-0.2, 0) is 11.2 Å². The van der Waals surface area contributed by atoms with Crippen LogP contribution in [0.25, 0.3) is 5.78 Å². The number of aryl methyl sites for hydroxylation is 2. The van der Waals surface area contributed by atoms with Crippen LogP contribution in [0.2, 0.25) is 0 Å². The fourth-order valence-electron chi connectivity index (χ4n) is 3.27. The molecule has 1 aliphatic rings. The first kappa shape index (κ1) is 16.5. The maximum absolute atomic E-state index is 12.6. The lowest BCUT2D eigenvalue weighted by Gasteiger charge is -2.16. The first-order valence-electron chi connectivity index (χ1n) is 8.78. The molecule has 7 heteroatoms. The van der Waals surface area contributed by atoms with Crippen LogP contribution in [0.4, 0.5) is 0 Å². The topological polar surface area (TPSA) is 72.6 Å². The third kappa shape index (κ3) is 3.37. The van der Waals surface area contributed by atoms with Crippen molar-refractivity contribution in [1.29, 1.82) is 0 Å². The molecule has 0 saturated carbocycles. The highest BCUT2D eigenvalue weighted by atomic mass is 16.5. The van der Waals surface area contributed by atoms with Gasteiger partial charge in [0.2, 0.25) is 5.91 Å². The van der Waals surface area contributed by atoms with Crippen LogP contribution in [0.3, 0.4) is 0 Å². The van der Waals surface area contributed by atoms with Gasteiger partial charge in [0.15, 0.2) is 5.82 Å². The van der Waals surface area contributed by atoms with Gasteiger partial charge in [0.05, 0.1) is 13.0 Å². The molecular weight excluding hydrogens is 330 g/mol. The number of aromatic nitrogens is 4. The minimum Gasteiger partial charge on any atom is -0.489 e. The largest absolute Gasteiger partial charge is 0.489 e. The molecule has 1 aromatic carbocycles. The standard InChI is InChI=1S/C19H21N5O2/c1-13-10-14(2)24-19(20-13)21-17(22-24)11-18(25)23-9-8-16(12-23)26-15-6-4-3-5-7-15/h3-7,10,16H,8-9,11-12H2,1-2H3/t16-/m1/s1. The minimum absolute atomic E-state index is 0.0226. The minimum atomic E-state index is 0.0226. The molecule has 4 rings (SSSR count). The maximum atomic E-state index is 12.6. The number of rotatable bonds is 4. The number of para-hydroxylation sites is 1. The van der Waals surface area contributed by atoms with Crippen LogP contribution in [0.1, 0.15) is 23.6 Å². The van der Waals surface area contributed by atoms with E-state index in [2.05, 4.69) is 15.1 Å². The van der Waals surface area contributed by atoms with Gasteiger partial charge in [-0.1, -0.05) is 18.2 Å². The third-order valence-electron chi connectivity index (χ3n) is 4.52. The van der Waals surface area contributed by atoms with Crippen molar-refractivity contribution in [2.45, 2.75) is 32.8 Å². The van der Waals surface area contributed by atoms with Crippen LogP contribution in [0, 0.1) is 13.8 Å². The Morgan fingerprint density at radius 1 is 1.23 bits per heavy atom. The smallest absolute Gasteiger partial charge is 0.252 e. The van der Waals surface area contributed by atoms with Gasteiger partial charge in [-0.2, -0.15) is 4.98 Å². The molecule has 0 N–H and O–H groups in total. The Morgan fingerprint density at radius 3 is 2.85 bits per heavy atom. The number of carbonyl (C=O) groups is 1. The molecule has 26 heavy (non-hydrogen) atoms. The van der Waals surface area contributed by atoms with Gasteiger partial charge < -0.3 is 9.64 Å². The van der Waals surface area contributed by atoms with E-state index in [9.17, 15) is 4.79 Å². The van der Waals surface area contributed by atoms with E-state index in [-0.39, 0.29) is 18.4 Å². The summed E-state index contributed by atoms with van der Waals surface area (Å²) < 4.78 is 7.63. The van der Waals surface area contributed by atoms with Crippen molar-refractivity contribution in [1.82, 2.24) is 24.5 Å². The summed E-state index contributed by atoms with van der Waals surface area (Å²) in [6.45, 7) is 5.16. The number of ether oxygens (including phenoxy) is 1.